The van der Waals surface area contributed by atoms with Gasteiger partial charge in [-0.1, -0.05) is 0 Å². The number of benzene rings is 1. The van der Waals surface area contributed by atoms with E-state index in [0.29, 0.717) is 27.9 Å². The van der Waals surface area contributed by atoms with Crippen molar-refractivity contribution in [3.63, 3.8) is 0 Å². The van der Waals surface area contributed by atoms with Crippen LogP contribution in [0.1, 0.15) is 33.6 Å². The molecule has 2 bridgehead atoms. The molecule has 156 valence electrons. The number of carbonyl (C=O) groups excluding carboxylic acids is 1. The van der Waals surface area contributed by atoms with Gasteiger partial charge in [0.2, 0.25) is 0 Å². The van der Waals surface area contributed by atoms with Crippen LogP contribution >= 0.6 is 38.5 Å². The summed E-state index contributed by atoms with van der Waals surface area (Å²) in [6, 6.07) is 1.63. The second-order valence-corrected chi connectivity index (χ2v) is 10.3. The molecule has 1 aromatic heterocycles. The van der Waals surface area contributed by atoms with E-state index in [1.807, 2.05) is 48.3 Å². The molecule has 2 aliphatic rings. The topological polar surface area (TPSA) is 58.6 Å². The van der Waals surface area contributed by atoms with Crippen LogP contribution in [-0.2, 0) is 4.74 Å². The molecule has 29 heavy (non-hydrogen) atoms. The fourth-order valence-electron chi connectivity index (χ4n) is 4.06. The molecule has 0 N–H and O–H groups in total. The molecule has 1 aromatic carbocycles. The number of rotatable bonds is 1. The molecule has 10 heteroatoms. The number of hydrogen-bond acceptors (Lipinski definition) is 5. The van der Waals surface area contributed by atoms with Crippen LogP contribution in [0.25, 0.3) is 10.9 Å². The lowest BCUT2D eigenvalue weighted by molar-refractivity contribution is 0.0123. The third-order valence-corrected chi connectivity index (χ3v) is 7.53. The molecule has 4 rings (SSSR count). The number of carbonyl (C=O) groups is 1. The highest BCUT2D eigenvalue weighted by atomic mass is 127. The molecule has 2 aliphatic heterocycles. The molecule has 6 nitrogen and oxygen atoms in total. The summed E-state index contributed by atoms with van der Waals surface area (Å²) < 4.78 is 35.3. The Balaban J connectivity index is 1.68. The Morgan fingerprint density at radius 1 is 1.24 bits per heavy atom. The second-order valence-electron chi connectivity index (χ2n) is 8.38. The van der Waals surface area contributed by atoms with Crippen LogP contribution in [0, 0.1) is 15.5 Å². The molecule has 1 amide bonds. The van der Waals surface area contributed by atoms with Gasteiger partial charge in [-0.2, -0.15) is 14.4 Å². The number of halogens is 4. The van der Waals surface area contributed by atoms with Crippen molar-refractivity contribution in [3.8, 4) is 0 Å². The molecule has 0 spiro atoms. The van der Waals surface area contributed by atoms with Gasteiger partial charge in [0.1, 0.15) is 16.9 Å². The SMILES string of the molecule is CC(C)(C)OC(=O)N1C2CCC1CN(c1nc(F)nc3c(F)c(Br)c(I)cc13)C2. The summed E-state index contributed by atoms with van der Waals surface area (Å²) in [5, 5.41) is 0.460. The van der Waals surface area contributed by atoms with E-state index >= 15 is 0 Å². The van der Waals surface area contributed by atoms with Crippen LogP contribution < -0.4 is 4.90 Å². The predicted octanol–water partition coefficient (Wildman–Crippen LogP) is 4.86. The van der Waals surface area contributed by atoms with E-state index in [1.54, 1.807) is 11.0 Å². The minimum absolute atomic E-state index is 0.0540. The van der Waals surface area contributed by atoms with Crippen LogP contribution in [0.15, 0.2) is 10.5 Å². The number of amides is 1. The molecule has 0 saturated carbocycles. The zero-order valence-corrected chi connectivity index (χ0v) is 19.9. The summed E-state index contributed by atoms with van der Waals surface area (Å²) in [7, 11) is 0. The smallest absolute Gasteiger partial charge is 0.410 e. The van der Waals surface area contributed by atoms with Crippen molar-refractivity contribution in [3.05, 3.63) is 26.0 Å². The number of piperazine rings is 1. The summed E-state index contributed by atoms with van der Waals surface area (Å²) in [5.74, 6) is -0.248. The standard InChI is InChI=1S/C19H20BrF2IN4O2/c1-19(2,3)29-18(28)27-9-4-5-10(27)8-26(7-9)16-11-6-12(23)13(20)14(21)15(11)24-17(22)25-16/h6,9-10H,4-5,7-8H2,1-3H3. The number of aromatic nitrogens is 2. The van der Waals surface area contributed by atoms with Gasteiger partial charge in [0.05, 0.1) is 16.6 Å². The van der Waals surface area contributed by atoms with Gasteiger partial charge in [-0.25, -0.2) is 9.18 Å². The first-order valence-corrected chi connectivity index (χ1v) is 11.2. The van der Waals surface area contributed by atoms with Gasteiger partial charge < -0.3 is 9.64 Å². The van der Waals surface area contributed by atoms with Gasteiger partial charge in [-0.05, 0) is 78.2 Å². The average Bonchev–Trinajstić information content (AvgIpc) is 2.89. The van der Waals surface area contributed by atoms with Crippen molar-refractivity contribution in [1.82, 2.24) is 14.9 Å². The van der Waals surface area contributed by atoms with Crippen LogP contribution in [0.3, 0.4) is 0 Å². The van der Waals surface area contributed by atoms with E-state index in [0.717, 1.165) is 12.8 Å². The maximum atomic E-state index is 14.7. The molecule has 2 saturated heterocycles. The van der Waals surface area contributed by atoms with Crippen molar-refractivity contribution >= 4 is 61.3 Å². The van der Waals surface area contributed by atoms with Crippen molar-refractivity contribution < 1.29 is 18.3 Å². The first kappa shape index (κ1) is 21.0. The zero-order chi connectivity index (χ0) is 21.1. The van der Waals surface area contributed by atoms with Gasteiger partial charge in [0.25, 0.3) is 0 Å². The Kier molecular flexibility index (Phi) is 5.37. The van der Waals surface area contributed by atoms with E-state index in [4.69, 9.17) is 4.74 Å². The monoisotopic (exact) mass is 580 g/mol. The largest absolute Gasteiger partial charge is 0.444 e. The third-order valence-electron chi connectivity index (χ3n) is 5.17. The summed E-state index contributed by atoms with van der Waals surface area (Å²) >= 11 is 5.20. The zero-order valence-electron chi connectivity index (χ0n) is 16.2. The fourth-order valence-corrected chi connectivity index (χ4v) is 4.91. The number of hydrogen-bond donors (Lipinski definition) is 0. The highest BCUT2D eigenvalue weighted by molar-refractivity contribution is 14.1. The first-order valence-electron chi connectivity index (χ1n) is 9.32. The number of fused-ring (bicyclic) bond motifs is 3. The van der Waals surface area contributed by atoms with Gasteiger partial charge in [-0.15, -0.1) is 0 Å². The maximum absolute atomic E-state index is 14.7. The predicted molar refractivity (Wildman–Crippen MR) is 117 cm³/mol. The lowest BCUT2D eigenvalue weighted by Crippen LogP contribution is -2.57. The van der Waals surface area contributed by atoms with Gasteiger partial charge in [-0.3, -0.25) is 4.90 Å². The van der Waals surface area contributed by atoms with E-state index in [-0.39, 0.29) is 28.2 Å². The third kappa shape index (κ3) is 3.89. The maximum Gasteiger partial charge on any atom is 0.410 e. The van der Waals surface area contributed by atoms with Crippen LogP contribution in [0.4, 0.5) is 19.4 Å². The normalized spacial score (nSPS) is 21.8. The summed E-state index contributed by atoms with van der Waals surface area (Å²) in [4.78, 5) is 24.0. The Labute approximate surface area is 189 Å². The van der Waals surface area contributed by atoms with E-state index in [1.165, 1.54) is 0 Å². The Morgan fingerprint density at radius 2 is 1.86 bits per heavy atom. The number of anilines is 1. The van der Waals surface area contributed by atoms with Crippen molar-refractivity contribution in [2.45, 2.75) is 51.3 Å². The number of nitrogens with zero attached hydrogens (tertiary/aromatic N) is 4. The van der Waals surface area contributed by atoms with E-state index in [9.17, 15) is 13.6 Å². The Hall–Kier alpha value is -1.30. The van der Waals surface area contributed by atoms with Gasteiger partial charge in [0, 0.05) is 22.0 Å². The molecule has 2 unspecified atom stereocenters. The summed E-state index contributed by atoms with van der Waals surface area (Å²) in [6.07, 6.45) is 0.376. The summed E-state index contributed by atoms with van der Waals surface area (Å²) in [6.45, 7) is 6.48. The van der Waals surface area contributed by atoms with Crippen molar-refractivity contribution in [2.24, 2.45) is 0 Å². The molecule has 2 fully saturated rings. The Bertz CT molecular complexity index is 987. The van der Waals surface area contributed by atoms with E-state index < -0.39 is 17.5 Å². The van der Waals surface area contributed by atoms with Crippen molar-refractivity contribution in [1.29, 1.82) is 0 Å². The summed E-state index contributed by atoms with van der Waals surface area (Å²) in [5.41, 5.74) is -0.622. The van der Waals surface area contributed by atoms with Crippen LogP contribution in [0.2, 0.25) is 0 Å². The molecule has 0 radical (unpaired) electrons. The van der Waals surface area contributed by atoms with E-state index in [2.05, 4.69) is 25.9 Å². The first-order chi connectivity index (χ1) is 13.5. The molecular weight excluding hydrogens is 561 g/mol. The lowest BCUT2D eigenvalue weighted by atomic mass is 10.1. The minimum Gasteiger partial charge on any atom is -0.444 e. The lowest BCUT2D eigenvalue weighted by Gasteiger charge is -2.42. The quantitative estimate of drug-likeness (QED) is 0.274. The highest BCUT2D eigenvalue weighted by Crippen LogP contribution is 2.37. The van der Waals surface area contributed by atoms with Crippen LogP contribution in [0.5, 0.6) is 0 Å². The van der Waals surface area contributed by atoms with Gasteiger partial charge >= 0.3 is 12.2 Å². The van der Waals surface area contributed by atoms with Crippen molar-refractivity contribution in [2.75, 3.05) is 18.0 Å². The number of ether oxygens (including phenoxy) is 1. The average molecular weight is 581 g/mol. The molecule has 3 heterocycles. The molecule has 2 atom stereocenters. The molecule has 0 aliphatic carbocycles. The fraction of sp³-hybridized carbons (Fsp3) is 0.526. The minimum atomic E-state index is -0.971. The highest BCUT2D eigenvalue weighted by Gasteiger charge is 2.45. The van der Waals surface area contributed by atoms with Gasteiger partial charge in [0.15, 0.2) is 5.82 Å². The molecule has 2 aromatic rings. The Morgan fingerprint density at radius 3 is 2.45 bits per heavy atom. The molecular formula is C19H20BrF2IN4O2. The van der Waals surface area contributed by atoms with Crippen LogP contribution in [-0.4, -0.2) is 51.7 Å². The second kappa shape index (κ2) is 7.44.